The first-order valence-electron chi connectivity index (χ1n) is 21.5. The highest BCUT2D eigenvalue weighted by atomic mass is 16.6. The van der Waals surface area contributed by atoms with E-state index in [1.165, 1.54) is 44.8 Å². The van der Waals surface area contributed by atoms with Gasteiger partial charge in [-0.25, -0.2) is 0 Å². The first-order valence-corrected chi connectivity index (χ1v) is 21.5. The van der Waals surface area contributed by atoms with Crippen molar-refractivity contribution in [3.05, 3.63) is 23.3 Å². The number of ketones is 1. The highest BCUT2D eigenvalue weighted by Gasteiger charge is 2.63. The second kappa shape index (κ2) is 14.8. The predicted molar refractivity (Wildman–Crippen MR) is 206 cm³/mol. The Labute approximate surface area is 328 Å². The van der Waals surface area contributed by atoms with Gasteiger partial charge < -0.3 is 18.9 Å². The Balaban J connectivity index is 0.000000169. The molecule has 6 saturated carbocycles. The minimum Gasteiger partial charge on any atom is -0.462 e. The summed E-state index contributed by atoms with van der Waals surface area (Å²) in [5.41, 5.74) is 3.01. The first kappa shape index (κ1) is 40.2. The van der Waals surface area contributed by atoms with Gasteiger partial charge >= 0.3 is 23.9 Å². The maximum Gasteiger partial charge on any atom is 0.302 e. The standard InChI is InChI=1S/C23H32O5.C23H34O4/c1-13(24)27-16-7-9-22(3)15(11-16)12-19(26)21-17-5-6-20(28-14(2)25)23(17,4)10-8-18(21)22;1-14(24)26-17-9-11-22(3)16(13-17)5-6-18-19-7-8-21(27-15(2)25)23(19,4)12-10-20(18)22/h12,16-18,20-21H,5-11H2,1-4H3;5,17-21H,6-13H2,1-4H3/t16-,17?,18?,20-,21?,22-,23-;17-,18?,19?,20?,21-,22-,23-/m00/s1. The Morgan fingerprint density at radius 1 is 0.545 bits per heavy atom. The third kappa shape index (κ3) is 7.04. The van der Waals surface area contributed by atoms with E-state index < -0.39 is 0 Å². The summed E-state index contributed by atoms with van der Waals surface area (Å²) < 4.78 is 22.4. The molecule has 0 aromatic carbocycles. The van der Waals surface area contributed by atoms with Gasteiger partial charge in [0.25, 0.3) is 0 Å². The molecule has 14 atom stereocenters. The number of esters is 4. The van der Waals surface area contributed by atoms with Gasteiger partial charge in [-0.15, -0.1) is 0 Å². The average Bonchev–Trinajstić information content (AvgIpc) is 3.60. The summed E-state index contributed by atoms with van der Waals surface area (Å²) >= 11 is 0. The molecule has 6 fully saturated rings. The fourth-order valence-corrected chi connectivity index (χ4v) is 14.4. The van der Waals surface area contributed by atoms with Crippen molar-refractivity contribution in [1.82, 2.24) is 0 Å². The van der Waals surface area contributed by atoms with Crippen LogP contribution >= 0.6 is 0 Å². The Kier molecular flexibility index (Phi) is 10.8. The van der Waals surface area contributed by atoms with Crippen molar-refractivity contribution < 1.29 is 42.9 Å². The number of carbonyl (C=O) groups is 5. The van der Waals surface area contributed by atoms with Crippen LogP contribution in [0, 0.1) is 57.2 Å². The van der Waals surface area contributed by atoms with Gasteiger partial charge in [-0.2, -0.15) is 0 Å². The number of fused-ring (bicyclic) bond motifs is 10. The highest BCUT2D eigenvalue weighted by molar-refractivity contribution is 5.94. The second-order valence-electron chi connectivity index (χ2n) is 19.9. The van der Waals surface area contributed by atoms with Crippen LogP contribution in [-0.4, -0.2) is 54.1 Å². The Bertz CT molecular complexity index is 1640. The lowest BCUT2D eigenvalue weighted by molar-refractivity contribution is -0.159. The molecule has 0 aromatic rings. The zero-order valence-corrected chi connectivity index (χ0v) is 34.7. The van der Waals surface area contributed by atoms with Crippen LogP contribution in [0.25, 0.3) is 0 Å². The topological polar surface area (TPSA) is 122 Å². The normalized spacial score (nSPS) is 45.2. The average molecular weight is 763 g/mol. The van der Waals surface area contributed by atoms with Crippen molar-refractivity contribution in [1.29, 1.82) is 0 Å². The molecule has 0 spiro atoms. The van der Waals surface area contributed by atoms with E-state index in [-0.39, 0.29) is 87.6 Å². The molecule has 9 nitrogen and oxygen atoms in total. The molecule has 9 heteroatoms. The van der Waals surface area contributed by atoms with Crippen LogP contribution < -0.4 is 0 Å². The summed E-state index contributed by atoms with van der Waals surface area (Å²) in [5.74, 6) is 2.19. The molecule has 8 rings (SSSR count). The number of carbonyl (C=O) groups excluding carboxylic acids is 5. The van der Waals surface area contributed by atoms with E-state index in [0.29, 0.717) is 30.1 Å². The number of ether oxygens (including phenoxy) is 4. The summed E-state index contributed by atoms with van der Waals surface area (Å²) in [6.07, 6.45) is 19.4. The maximum atomic E-state index is 13.3. The molecule has 8 aliphatic rings. The summed E-state index contributed by atoms with van der Waals surface area (Å²) in [6.45, 7) is 15.3. The quantitative estimate of drug-likeness (QED) is 0.157. The fourth-order valence-electron chi connectivity index (χ4n) is 14.4. The second-order valence-corrected chi connectivity index (χ2v) is 19.9. The molecule has 0 heterocycles. The lowest BCUT2D eigenvalue weighted by Crippen LogP contribution is -2.54. The minimum atomic E-state index is -0.245. The lowest BCUT2D eigenvalue weighted by Gasteiger charge is -2.57. The molecule has 55 heavy (non-hydrogen) atoms. The Morgan fingerprint density at radius 2 is 1.02 bits per heavy atom. The van der Waals surface area contributed by atoms with Gasteiger partial charge in [0.05, 0.1) is 0 Å². The Morgan fingerprint density at radius 3 is 1.56 bits per heavy atom. The van der Waals surface area contributed by atoms with E-state index in [9.17, 15) is 24.0 Å². The van der Waals surface area contributed by atoms with Crippen molar-refractivity contribution in [2.45, 2.75) is 176 Å². The van der Waals surface area contributed by atoms with Crippen LogP contribution in [0.2, 0.25) is 0 Å². The third-order valence-electron chi connectivity index (χ3n) is 17.1. The van der Waals surface area contributed by atoms with Crippen molar-refractivity contribution in [2.75, 3.05) is 0 Å². The number of rotatable bonds is 4. The number of hydrogen-bond donors (Lipinski definition) is 0. The minimum absolute atomic E-state index is 0.01000. The molecule has 6 unspecified atom stereocenters. The van der Waals surface area contributed by atoms with Crippen molar-refractivity contribution in [3.63, 3.8) is 0 Å². The smallest absolute Gasteiger partial charge is 0.302 e. The predicted octanol–water partition coefficient (Wildman–Crippen LogP) is 8.80. The van der Waals surface area contributed by atoms with Gasteiger partial charge in [0.1, 0.15) is 24.4 Å². The molecule has 8 aliphatic carbocycles. The van der Waals surface area contributed by atoms with Crippen molar-refractivity contribution >= 4 is 29.7 Å². The zero-order valence-electron chi connectivity index (χ0n) is 34.7. The molecule has 0 aromatic heterocycles. The number of hydrogen-bond acceptors (Lipinski definition) is 9. The molecule has 304 valence electrons. The van der Waals surface area contributed by atoms with Crippen molar-refractivity contribution in [2.24, 2.45) is 57.2 Å². The van der Waals surface area contributed by atoms with Gasteiger partial charge in [0.15, 0.2) is 5.78 Å². The van der Waals surface area contributed by atoms with Gasteiger partial charge in [0.2, 0.25) is 0 Å². The van der Waals surface area contributed by atoms with Gasteiger partial charge in [0, 0.05) is 57.3 Å². The van der Waals surface area contributed by atoms with Crippen LogP contribution in [0.4, 0.5) is 0 Å². The summed E-state index contributed by atoms with van der Waals surface area (Å²) in [7, 11) is 0. The van der Waals surface area contributed by atoms with Crippen LogP contribution in [0.5, 0.6) is 0 Å². The SMILES string of the molecule is CC(=O)O[C@H]1CC[C@@]2(C)C(=CC(=O)C3C2CC[C@@]2(C)C3CC[C@@H]2OC(C)=O)C1.CC(=O)O[C@H]1CC[C@@]2(C)C(=CCC3C2CC[C@@]2(C)C3CC[C@@H]2OC(C)=O)C1. The van der Waals surface area contributed by atoms with E-state index in [1.54, 1.807) is 6.92 Å². The Hall–Kier alpha value is -2.97. The van der Waals surface area contributed by atoms with Gasteiger partial charge in [-0.1, -0.05) is 44.9 Å². The van der Waals surface area contributed by atoms with E-state index in [0.717, 1.165) is 77.0 Å². The van der Waals surface area contributed by atoms with Gasteiger partial charge in [-0.05, 0) is 130 Å². The summed E-state index contributed by atoms with van der Waals surface area (Å²) in [4.78, 5) is 59.2. The van der Waals surface area contributed by atoms with E-state index in [1.807, 2.05) is 6.08 Å². The molecular weight excluding hydrogens is 696 g/mol. The summed E-state index contributed by atoms with van der Waals surface area (Å²) in [5, 5.41) is 0. The monoisotopic (exact) mass is 762 g/mol. The van der Waals surface area contributed by atoms with Crippen LogP contribution in [-0.2, 0) is 42.9 Å². The van der Waals surface area contributed by atoms with Gasteiger partial charge in [-0.3, -0.25) is 24.0 Å². The molecule has 0 bridgehead atoms. The largest absolute Gasteiger partial charge is 0.462 e. The van der Waals surface area contributed by atoms with Crippen LogP contribution in [0.1, 0.15) is 152 Å². The molecule has 0 aliphatic heterocycles. The molecule has 0 radical (unpaired) electrons. The molecule has 0 amide bonds. The molecular formula is C46H66O9. The van der Waals surface area contributed by atoms with E-state index in [4.69, 9.17) is 18.9 Å². The first-order chi connectivity index (χ1) is 25.9. The molecule has 0 saturated heterocycles. The van der Waals surface area contributed by atoms with E-state index in [2.05, 4.69) is 33.8 Å². The highest BCUT2D eigenvalue weighted by Crippen LogP contribution is 2.66. The van der Waals surface area contributed by atoms with Crippen LogP contribution in [0.15, 0.2) is 23.3 Å². The number of allylic oxidation sites excluding steroid dienone is 2. The lowest BCUT2D eigenvalue weighted by atomic mass is 9.47. The van der Waals surface area contributed by atoms with Crippen LogP contribution in [0.3, 0.4) is 0 Å². The molecule has 0 N–H and O–H groups in total. The fraction of sp³-hybridized carbons (Fsp3) is 0.804. The van der Waals surface area contributed by atoms with E-state index >= 15 is 0 Å². The maximum absolute atomic E-state index is 13.3. The van der Waals surface area contributed by atoms with Crippen molar-refractivity contribution in [3.8, 4) is 0 Å². The summed E-state index contributed by atoms with van der Waals surface area (Å²) in [6, 6.07) is 0. The third-order valence-corrected chi connectivity index (χ3v) is 17.1. The zero-order chi connectivity index (χ0) is 39.7.